The summed E-state index contributed by atoms with van der Waals surface area (Å²) in [5.41, 5.74) is 2.96. The Balaban J connectivity index is 1.82. The molecule has 1 aromatic carbocycles. The van der Waals surface area contributed by atoms with Gasteiger partial charge in [-0.2, -0.15) is 20.5 Å². The van der Waals surface area contributed by atoms with Crippen LogP contribution in [0, 0.1) is 0 Å². The molecular formula is C14H16N6O. The number of carbonyl (C=O) groups excluding carboxylic acids is 1. The quantitative estimate of drug-likeness (QED) is 0.761. The number of aromatic nitrogens is 5. The molecule has 0 fully saturated rings. The van der Waals surface area contributed by atoms with Crippen molar-refractivity contribution in [2.75, 3.05) is 0 Å². The Morgan fingerprint density at radius 2 is 2.14 bits per heavy atom. The van der Waals surface area contributed by atoms with Gasteiger partial charge in [0.25, 0.3) is 5.91 Å². The van der Waals surface area contributed by atoms with Crippen molar-refractivity contribution in [2.24, 2.45) is 7.05 Å². The summed E-state index contributed by atoms with van der Waals surface area (Å²) < 4.78 is 1.77. The molecule has 0 aliphatic carbocycles. The number of benzene rings is 1. The Hall–Kier alpha value is -2.70. The number of hydrogen-bond acceptors (Lipinski definition) is 4. The van der Waals surface area contributed by atoms with E-state index >= 15 is 0 Å². The third-order valence-electron chi connectivity index (χ3n) is 3.51. The summed E-state index contributed by atoms with van der Waals surface area (Å²) in [4.78, 5) is 12.4. The highest BCUT2D eigenvalue weighted by Gasteiger charge is 2.17. The minimum absolute atomic E-state index is 0.0713. The average Bonchev–Trinajstić information content (AvgIpc) is 3.12. The van der Waals surface area contributed by atoms with Crippen LogP contribution in [0.15, 0.2) is 30.5 Å². The minimum atomic E-state index is -0.132. The summed E-state index contributed by atoms with van der Waals surface area (Å²) in [6.45, 7) is 2.03. The Bertz CT molecular complexity index is 774. The molecule has 2 N–H and O–H groups in total. The maximum atomic E-state index is 12.4. The van der Waals surface area contributed by atoms with Crippen LogP contribution in [0.1, 0.15) is 35.4 Å². The molecule has 2 aromatic heterocycles. The van der Waals surface area contributed by atoms with E-state index in [-0.39, 0.29) is 11.9 Å². The van der Waals surface area contributed by atoms with E-state index in [1.54, 1.807) is 29.1 Å². The lowest BCUT2D eigenvalue weighted by Crippen LogP contribution is -2.29. The number of hydrogen-bond donors (Lipinski definition) is 2. The third kappa shape index (κ3) is 2.49. The first-order valence-electron chi connectivity index (χ1n) is 6.78. The lowest BCUT2D eigenvalue weighted by atomic mass is 10.1. The van der Waals surface area contributed by atoms with Crippen LogP contribution in [0.4, 0.5) is 0 Å². The molecule has 3 rings (SSSR count). The van der Waals surface area contributed by atoms with E-state index in [2.05, 4.69) is 25.8 Å². The zero-order chi connectivity index (χ0) is 14.8. The maximum Gasteiger partial charge on any atom is 0.251 e. The van der Waals surface area contributed by atoms with Crippen LogP contribution in [0.3, 0.4) is 0 Å². The van der Waals surface area contributed by atoms with E-state index in [4.69, 9.17) is 0 Å². The van der Waals surface area contributed by atoms with Gasteiger partial charge in [-0.15, -0.1) is 0 Å². The summed E-state index contributed by atoms with van der Waals surface area (Å²) >= 11 is 0. The van der Waals surface area contributed by atoms with E-state index < -0.39 is 0 Å². The van der Waals surface area contributed by atoms with E-state index in [0.29, 0.717) is 11.1 Å². The highest BCUT2D eigenvalue weighted by Crippen LogP contribution is 2.17. The summed E-state index contributed by atoms with van der Waals surface area (Å²) in [5, 5.41) is 17.7. The van der Waals surface area contributed by atoms with Gasteiger partial charge in [-0.05, 0) is 30.7 Å². The van der Waals surface area contributed by atoms with Crippen molar-refractivity contribution in [3.63, 3.8) is 0 Å². The topological polar surface area (TPSA) is 88.5 Å². The first kappa shape index (κ1) is 13.3. The molecule has 0 radical (unpaired) electrons. The lowest BCUT2D eigenvalue weighted by Gasteiger charge is -2.17. The van der Waals surface area contributed by atoms with Gasteiger partial charge in [0.1, 0.15) is 11.0 Å². The van der Waals surface area contributed by atoms with Crippen LogP contribution < -0.4 is 5.32 Å². The number of H-pyrrole nitrogens is 1. The van der Waals surface area contributed by atoms with Gasteiger partial charge < -0.3 is 5.32 Å². The second kappa shape index (κ2) is 5.35. The molecule has 21 heavy (non-hydrogen) atoms. The summed E-state index contributed by atoms with van der Waals surface area (Å²) in [7, 11) is 1.87. The van der Waals surface area contributed by atoms with Crippen molar-refractivity contribution in [1.82, 2.24) is 30.5 Å². The second-order valence-electron chi connectivity index (χ2n) is 4.84. The molecule has 7 nitrogen and oxygen atoms in total. The smallest absolute Gasteiger partial charge is 0.251 e. The number of fused-ring (bicyclic) bond motifs is 1. The van der Waals surface area contributed by atoms with Crippen LogP contribution in [0.2, 0.25) is 0 Å². The fraction of sp³-hybridized carbons (Fsp3) is 0.286. The van der Waals surface area contributed by atoms with Gasteiger partial charge >= 0.3 is 0 Å². The third-order valence-corrected chi connectivity index (χ3v) is 3.51. The molecule has 0 aliphatic heterocycles. The molecular weight excluding hydrogens is 268 g/mol. The van der Waals surface area contributed by atoms with E-state index in [0.717, 1.165) is 17.6 Å². The van der Waals surface area contributed by atoms with Crippen LogP contribution in [0.25, 0.3) is 11.0 Å². The summed E-state index contributed by atoms with van der Waals surface area (Å²) in [5.74, 6) is -0.132. The molecule has 108 valence electrons. The number of aryl methyl sites for hydroxylation is 1. The van der Waals surface area contributed by atoms with Crippen molar-refractivity contribution in [2.45, 2.75) is 19.4 Å². The molecule has 0 bridgehead atoms. The Kier molecular flexibility index (Phi) is 3.39. The van der Waals surface area contributed by atoms with Crippen LogP contribution in [0.5, 0.6) is 0 Å². The molecule has 0 aliphatic rings. The second-order valence-corrected chi connectivity index (χ2v) is 4.84. The highest BCUT2D eigenvalue weighted by molar-refractivity contribution is 5.97. The van der Waals surface area contributed by atoms with Gasteiger partial charge in [-0.1, -0.05) is 6.92 Å². The predicted octanol–water partition coefficient (Wildman–Crippen LogP) is 1.57. The zero-order valence-electron chi connectivity index (χ0n) is 11.9. The first-order chi connectivity index (χ1) is 10.2. The number of amides is 1. The molecule has 1 amide bonds. The summed E-state index contributed by atoms with van der Waals surface area (Å²) in [6, 6.07) is 7.09. The highest BCUT2D eigenvalue weighted by atomic mass is 16.1. The number of nitrogens with zero attached hydrogens (tertiary/aromatic N) is 4. The Morgan fingerprint density at radius 1 is 1.33 bits per heavy atom. The molecule has 1 atom stereocenters. The van der Waals surface area contributed by atoms with Crippen molar-refractivity contribution in [1.29, 1.82) is 0 Å². The van der Waals surface area contributed by atoms with Crippen LogP contribution in [-0.4, -0.2) is 31.1 Å². The van der Waals surface area contributed by atoms with Gasteiger partial charge in [-0.3, -0.25) is 9.48 Å². The fourth-order valence-corrected chi connectivity index (χ4v) is 2.33. The standard InChI is InChI=1S/C14H16N6O/c1-3-10(13-6-7-15-20(13)2)16-14(21)9-4-5-11-12(8-9)18-19-17-11/h4-8,10H,3H2,1-2H3,(H,16,21)(H,17,18,19). The predicted molar refractivity (Wildman–Crippen MR) is 77.6 cm³/mol. The van der Waals surface area contributed by atoms with Crippen molar-refractivity contribution in [3.8, 4) is 0 Å². The summed E-state index contributed by atoms with van der Waals surface area (Å²) in [6.07, 6.45) is 2.52. The SMILES string of the molecule is CCC(NC(=O)c1ccc2n[nH]nc2c1)c1ccnn1C. The molecule has 7 heteroatoms. The number of carbonyl (C=O) groups is 1. The molecule has 1 unspecified atom stereocenters. The van der Waals surface area contributed by atoms with Gasteiger partial charge in [-0.25, -0.2) is 0 Å². The Labute approximate surface area is 121 Å². The molecule has 3 aromatic rings. The largest absolute Gasteiger partial charge is 0.344 e. The zero-order valence-corrected chi connectivity index (χ0v) is 11.9. The van der Waals surface area contributed by atoms with E-state index in [9.17, 15) is 4.79 Å². The van der Waals surface area contributed by atoms with Gasteiger partial charge in [0.05, 0.1) is 11.7 Å². The van der Waals surface area contributed by atoms with Gasteiger partial charge in [0, 0.05) is 18.8 Å². The fourth-order valence-electron chi connectivity index (χ4n) is 2.33. The van der Waals surface area contributed by atoms with Crippen molar-refractivity contribution < 1.29 is 4.79 Å². The van der Waals surface area contributed by atoms with E-state index in [1.807, 2.05) is 20.0 Å². The molecule has 2 heterocycles. The molecule has 0 spiro atoms. The van der Waals surface area contributed by atoms with E-state index in [1.165, 1.54) is 0 Å². The minimum Gasteiger partial charge on any atom is -0.344 e. The number of rotatable bonds is 4. The normalized spacial score (nSPS) is 12.5. The Morgan fingerprint density at radius 3 is 2.86 bits per heavy atom. The first-order valence-corrected chi connectivity index (χ1v) is 6.78. The monoisotopic (exact) mass is 284 g/mol. The van der Waals surface area contributed by atoms with Crippen LogP contribution >= 0.6 is 0 Å². The van der Waals surface area contributed by atoms with Gasteiger partial charge in [0.15, 0.2) is 0 Å². The van der Waals surface area contributed by atoms with Crippen molar-refractivity contribution in [3.05, 3.63) is 41.7 Å². The van der Waals surface area contributed by atoms with Gasteiger partial charge in [0.2, 0.25) is 0 Å². The molecule has 0 saturated carbocycles. The average molecular weight is 284 g/mol. The van der Waals surface area contributed by atoms with Crippen LogP contribution in [-0.2, 0) is 7.05 Å². The van der Waals surface area contributed by atoms with Crippen molar-refractivity contribution >= 4 is 16.9 Å². The number of nitrogens with one attached hydrogen (secondary N) is 2. The maximum absolute atomic E-state index is 12.4. The molecule has 0 saturated heterocycles. The lowest BCUT2D eigenvalue weighted by molar-refractivity contribution is 0.0934. The number of aromatic amines is 1.